The zero-order valence-corrected chi connectivity index (χ0v) is 23.5. The van der Waals surface area contributed by atoms with E-state index in [1.54, 1.807) is 18.5 Å². The molecular weight excluding hydrogens is 410 g/mol. The van der Waals surface area contributed by atoms with E-state index in [1.165, 1.54) is 122 Å². The van der Waals surface area contributed by atoms with E-state index in [0.717, 1.165) is 0 Å². The van der Waals surface area contributed by atoms with Crippen molar-refractivity contribution < 1.29 is 0 Å². The minimum absolute atomic E-state index is 0.198. The third kappa shape index (κ3) is 16.4. The summed E-state index contributed by atoms with van der Waals surface area (Å²) >= 11 is 7.20. The average molecular weight is 467 g/mol. The minimum atomic E-state index is -1.27. The standard InChI is InChI=1S/C26H57ClP2/c1-5-9-12-15-18-21-24-29(28(27)8-4,25-22-19-16-13-10-6-2)26-23-20-17-14-11-7-3/h29H,5-26H2,1-4H3. The summed E-state index contributed by atoms with van der Waals surface area (Å²) in [7, 11) is 0. The third-order valence-corrected chi connectivity index (χ3v) is 22.2. The van der Waals surface area contributed by atoms with Gasteiger partial charge < -0.3 is 0 Å². The molecular formula is C26H57ClP2. The molecule has 0 nitrogen and oxygen atoms in total. The van der Waals surface area contributed by atoms with Crippen LogP contribution in [0.1, 0.15) is 143 Å². The predicted molar refractivity (Wildman–Crippen MR) is 146 cm³/mol. The molecule has 0 heterocycles. The molecule has 0 fully saturated rings. The Labute approximate surface area is 192 Å². The molecule has 178 valence electrons. The van der Waals surface area contributed by atoms with Crippen LogP contribution in [0.15, 0.2) is 0 Å². The fraction of sp³-hybridized carbons (Fsp3) is 1.00. The molecule has 29 heavy (non-hydrogen) atoms. The van der Waals surface area contributed by atoms with E-state index in [1.807, 2.05) is 0 Å². The van der Waals surface area contributed by atoms with Gasteiger partial charge in [0.25, 0.3) is 0 Å². The van der Waals surface area contributed by atoms with Gasteiger partial charge in [0.15, 0.2) is 0 Å². The van der Waals surface area contributed by atoms with Crippen LogP contribution < -0.4 is 0 Å². The van der Waals surface area contributed by atoms with Crippen LogP contribution in [-0.2, 0) is 0 Å². The van der Waals surface area contributed by atoms with Gasteiger partial charge in [-0.1, -0.05) is 0 Å². The monoisotopic (exact) mass is 466 g/mol. The molecule has 3 heteroatoms. The summed E-state index contributed by atoms with van der Waals surface area (Å²) in [4.78, 5) is 0. The maximum absolute atomic E-state index is 7.20. The SMILES string of the molecule is CCCCCCCC[PH](CCCCCCCC)(CCCCCCCC)P(Cl)CC. The van der Waals surface area contributed by atoms with Crippen molar-refractivity contribution in [2.45, 2.75) is 143 Å². The number of unbranched alkanes of at least 4 members (excludes halogenated alkanes) is 15. The molecule has 0 aromatic heterocycles. The van der Waals surface area contributed by atoms with E-state index in [9.17, 15) is 0 Å². The van der Waals surface area contributed by atoms with Crippen LogP contribution in [0, 0.1) is 0 Å². The van der Waals surface area contributed by atoms with Gasteiger partial charge in [-0.25, -0.2) is 0 Å². The summed E-state index contributed by atoms with van der Waals surface area (Å²) in [5, 5.41) is 0. The Kier molecular flexibility index (Phi) is 23.2. The fourth-order valence-electron chi connectivity index (χ4n) is 4.78. The van der Waals surface area contributed by atoms with Crippen LogP contribution in [0.2, 0.25) is 0 Å². The second kappa shape index (κ2) is 22.3. The summed E-state index contributed by atoms with van der Waals surface area (Å²) in [6, 6.07) is 0. The summed E-state index contributed by atoms with van der Waals surface area (Å²) in [6.07, 6.45) is 31.8. The van der Waals surface area contributed by atoms with Crippen LogP contribution in [0.25, 0.3) is 0 Å². The van der Waals surface area contributed by atoms with Crippen molar-refractivity contribution in [3.8, 4) is 0 Å². The van der Waals surface area contributed by atoms with Crippen molar-refractivity contribution in [3.63, 3.8) is 0 Å². The average Bonchev–Trinajstić information content (AvgIpc) is 2.74. The predicted octanol–water partition coefficient (Wildman–Crippen LogP) is 11.4. The normalized spacial score (nSPS) is 13.7. The van der Waals surface area contributed by atoms with Crippen LogP contribution in [-0.4, -0.2) is 24.6 Å². The second-order valence-corrected chi connectivity index (χ2v) is 21.3. The second-order valence-electron chi connectivity index (χ2n) is 9.46. The molecule has 0 aliphatic heterocycles. The Bertz CT molecular complexity index is 281. The third-order valence-electron chi connectivity index (χ3n) is 6.78. The van der Waals surface area contributed by atoms with Gasteiger partial charge in [-0.3, -0.25) is 0 Å². The van der Waals surface area contributed by atoms with Crippen molar-refractivity contribution in [1.29, 1.82) is 0 Å². The van der Waals surface area contributed by atoms with Gasteiger partial charge in [-0.05, 0) is 0 Å². The molecule has 0 N–H and O–H groups in total. The van der Waals surface area contributed by atoms with E-state index in [-0.39, 0.29) is 6.96 Å². The molecule has 0 amide bonds. The maximum atomic E-state index is 7.20. The molecule has 0 aromatic carbocycles. The molecule has 0 spiro atoms. The Morgan fingerprint density at radius 3 is 1.00 bits per heavy atom. The van der Waals surface area contributed by atoms with Crippen LogP contribution in [0.3, 0.4) is 0 Å². The topological polar surface area (TPSA) is 0 Å². The van der Waals surface area contributed by atoms with Gasteiger partial charge in [0.05, 0.1) is 0 Å². The Morgan fingerprint density at radius 1 is 0.448 bits per heavy atom. The molecule has 1 atom stereocenters. The van der Waals surface area contributed by atoms with Gasteiger partial charge in [0, 0.05) is 0 Å². The van der Waals surface area contributed by atoms with Gasteiger partial charge >= 0.3 is 193 Å². The molecule has 0 aliphatic carbocycles. The van der Waals surface area contributed by atoms with Gasteiger partial charge in [-0.15, -0.1) is 0 Å². The first-order valence-corrected chi connectivity index (χ1v) is 19.5. The quantitative estimate of drug-likeness (QED) is 0.104. The molecule has 0 aliphatic rings. The van der Waals surface area contributed by atoms with E-state index in [2.05, 4.69) is 27.7 Å². The van der Waals surface area contributed by atoms with Crippen LogP contribution in [0.4, 0.5) is 0 Å². The van der Waals surface area contributed by atoms with Crippen LogP contribution >= 0.6 is 25.2 Å². The molecule has 1 unspecified atom stereocenters. The molecule has 0 bridgehead atoms. The molecule has 0 saturated carbocycles. The molecule has 0 radical (unpaired) electrons. The van der Waals surface area contributed by atoms with Crippen molar-refractivity contribution in [2.75, 3.05) is 24.6 Å². The Morgan fingerprint density at radius 2 is 0.724 bits per heavy atom. The van der Waals surface area contributed by atoms with Crippen molar-refractivity contribution in [1.82, 2.24) is 0 Å². The summed E-state index contributed by atoms with van der Waals surface area (Å²) in [5.74, 6) is 0. The first-order chi connectivity index (χ1) is 14.2. The number of hydrogen-bond acceptors (Lipinski definition) is 0. The van der Waals surface area contributed by atoms with E-state index in [4.69, 9.17) is 11.2 Å². The Hall–Kier alpha value is 1.15. The van der Waals surface area contributed by atoms with Crippen molar-refractivity contribution in [3.05, 3.63) is 0 Å². The molecule has 0 saturated heterocycles. The fourth-order valence-corrected chi connectivity index (χ4v) is 17.6. The van der Waals surface area contributed by atoms with Crippen molar-refractivity contribution in [2.24, 2.45) is 0 Å². The zero-order chi connectivity index (χ0) is 21.6. The first-order valence-electron chi connectivity index (χ1n) is 13.6. The summed E-state index contributed by atoms with van der Waals surface area (Å²) in [6.45, 7) is 7.87. The van der Waals surface area contributed by atoms with Gasteiger partial charge in [-0.2, -0.15) is 0 Å². The molecule has 0 rings (SSSR count). The van der Waals surface area contributed by atoms with E-state index in [0.29, 0.717) is 0 Å². The van der Waals surface area contributed by atoms with Crippen LogP contribution in [0.5, 0.6) is 0 Å². The van der Waals surface area contributed by atoms with Gasteiger partial charge in [0.2, 0.25) is 0 Å². The number of halogens is 1. The first kappa shape index (κ1) is 30.1. The Balaban J connectivity index is 4.62. The number of hydrogen-bond donors (Lipinski definition) is 0. The summed E-state index contributed by atoms with van der Waals surface area (Å²) in [5.41, 5.74) is 0. The van der Waals surface area contributed by atoms with E-state index >= 15 is 0 Å². The summed E-state index contributed by atoms with van der Waals surface area (Å²) < 4.78 is 0. The molecule has 0 aromatic rings. The van der Waals surface area contributed by atoms with E-state index < -0.39 is 6.95 Å². The van der Waals surface area contributed by atoms with Crippen molar-refractivity contribution >= 4 is 25.2 Å². The van der Waals surface area contributed by atoms with Gasteiger partial charge in [0.1, 0.15) is 0 Å². The number of rotatable bonds is 23. The zero-order valence-electron chi connectivity index (χ0n) is 20.9.